The third kappa shape index (κ3) is 30.8. The number of Topliss-reactive ketones (excluding diaryl/α,β-unsaturated/α-hetero) is 4. The predicted octanol–water partition coefficient (Wildman–Crippen LogP) is 3.41. The van der Waals surface area contributed by atoms with Crippen LogP contribution in [-0.4, -0.2) is 161 Å². The third-order valence-electron chi connectivity index (χ3n) is 14.9. The standard InChI is InChI=1S/C67H99N13O12/c1-10-32-91-60(86)28-25-50(33-43(2)82)63(89)80-57(36-45-22-26-55(27-23-45)92-67(4,5)6)59(85)38-49(18-13-29-74-44(3)68)62(88)79-56(20-15-31-76-66(70)73-9)58(84)39-51(35-46-21-24-47-16-11-12-17-48(47)34-46)61(87)77-41-54(83)37-52(40-71-7)64(90)78-53(42-81)19-14-30-75-65(69)72-8/h10-12,16-17,21-24,26-27,34,42,49-53,56-57,71H,1,13-15,18-20,25,28-33,35-41H2,2-9H3,(H2,68,74)(H,77,87)(H,78,90)(H,79,88)(H,80,89)(H3,69,72,75)(H3,70,73,76)/t49-,50-,51-,52+,53+,56-,57+/m1/s1. The average molecular weight is 1280 g/mol. The summed E-state index contributed by atoms with van der Waals surface area (Å²) < 4.78 is 11.1. The van der Waals surface area contributed by atoms with Gasteiger partial charge in [0.2, 0.25) is 23.6 Å². The Morgan fingerprint density at radius 1 is 0.630 bits per heavy atom. The number of hydrogen-bond acceptors (Lipinski definition) is 16. The number of carbonyl (C=O) groups is 10. The summed E-state index contributed by atoms with van der Waals surface area (Å²) in [6.45, 7) is 12.6. The molecule has 0 saturated heterocycles. The fourth-order valence-corrected chi connectivity index (χ4v) is 10.1. The zero-order chi connectivity index (χ0) is 68.2. The number of nitrogens with two attached hydrogens (primary N) is 3. The maximum Gasteiger partial charge on any atom is 0.306 e. The predicted molar refractivity (Wildman–Crippen MR) is 356 cm³/mol. The fourth-order valence-electron chi connectivity index (χ4n) is 10.1. The molecular formula is C67H99N13O12. The van der Waals surface area contributed by atoms with Gasteiger partial charge in [0, 0.05) is 90.1 Å². The number of nitrogens with zero attached hydrogens (tertiary/aromatic N) is 3. The van der Waals surface area contributed by atoms with Gasteiger partial charge < -0.3 is 73.5 Å². The molecule has 0 aliphatic carbocycles. The van der Waals surface area contributed by atoms with Crippen molar-refractivity contribution in [2.75, 3.05) is 60.5 Å². The largest absolute Gasteiger partial charge is 0.488 e. The summed E-state index contributed by atoms with van der Waals surface area (Å²) in [5.41, 5.74) is 18.3. The van der Waals surface area contributed by atoms with E-state index in [2.05, 4.69) is 58.8 Å². The van der Waals surface area contributed by atoms with Gasteiger partial charge in [0.1, 0.15) is 30.0 Å². The Balaban J connectivity index is 2.04. The smallest absolute Gasteiger partial charge is 0.306 e. The number of aliphatic imine (C=N–C) groups is 3. The number of ether oxygens (including phenoxy) is 2. The molecule has 4 amide bonds. The molecule has 504 valence electrons. The number of ketones is 4. The first kappa shape index (κ1) is 77.4. The number of rotatable bonds is 44. The van der Waals surface area contributed by atoms with E-state index >= 15 is 4.79 Å². The maximum absolute atomic E-state index is 15.0. The lowest BCUT2D eigenvalue weighted by Gasteiger charge is -2.26. The molecular weight excluding hydrogens is 1180 g/mol. The van der Waals surface area contributed by atoms with E-state index in [0.717, 1.165) is 10.8 Å². The molecule has 3 aromatic rings. The van der Waals surface area contributed by atoms with E-state index in [1.165, 1.54) is 27.1 Å². The van der Waals surface area contributed by atoms with Crippen LogP contribution in [0.1, 0.15) is 123 Å². The molecule has 7 atom stereocenters. The molecule has 3 rings (SSSR count). The highest BCUT2D eigenvalue weighted by atomic mass is 16.5. The van der Waals surface area contributed by atoms with Gasteiger partial charge in [0.05, 0.1) is 36.4 Å². The van der Waals surface area contributed by atoms with Crippen molar-refractivity contribution in [2.24, 2.45) is 55.8 Å². The molecule has 0 fully saturated rings. The molecule has 0 radical (unpaired) electrons. The van der Waals surface area contributed by atoms with Crippen molar-refractivity contribution in [1.29, 1.82) is 0 Å². The van der Waals surface area contributed by atoms with E-state index in [-0.39, 0.29) is 108 Å². The maximum atomic E-state index is 15.0. The number of carbonyl (C=O) groups excluding carboxylic acids is 10. The van der Waals surface area contributed by atoms with Crippen molar-refractivity contribution in [3.8, 4) is 5.75 Å². The number of esters is 1. The first-order valence-corrected chi connectivity index (χ1v) is 31.3. The molecule has 13 N–H and O–H groups in total. The van der Waals surface area contributed by atoms with Gasteiger partial charge in [-0.25, -0.2) is 0 Å². The number of guanidine groups is 2. The van der Waals surface area contributed by atoms with Gasteiger partial charge in [-0.05, 0) is 133 Å². The minimum Gasteiger partial charge on any atom is -0.488 e. The highest BCUT2D eigenvalue weighted by molar-refractivity contribution is 5.97. The highest BCUT2D eigenvalue weighted by Crippen LogP contribution is 2.25. The number of amidine groups is 1. The molecule has 0 aliphatic rings. The Morgan fingerprint density at radius 3 is 1.82 bits per heavy atom. The van der Waals surface area contributed by atoms with Crippen LogP contribution in [-0.2, 0) is 65.5 Å². The number of fused-ring (bicyclic) bond motifs is 1. The molecule has 3 aromatic carbocycles. The van der Waals surface area contributed by atoms with Gasteiger partial charge >= 0.3 is 5.97 Å². The van der Waals surface area contributed by atoms with Crippen molar-refractivity contribution in [1.82, 2.24) is 37.2 Å². The van der Waals surface area contributed by atoms with Gasteiger partial charge in [-0.2, -0.15) is 0 Å². The zero-order valence-electron chi connectivity index (χ0n) is 54.9. The first-order chi connectivity index (χ1) is 43.8. The lowest BCUT2D eigenvalue weighted by atomic mass is 9.88. The summed E-state index contributed by atoms with van der Waals surface area (Å²) in [5.74, 6) is -7.89. The molecule has 0 bridgehead atoms. The summed E-state index contributed by atoms with van der Waals surface area (Å²) in [6, 6.07) is 16.9. The Morgan fingerprint density at radius 2 is 1.22 bits per heavy atom. The first-order valence-electron chi connectivity index (χ1n) is 31.3. The van der Waals surface area contributed by atoms with Crippen LogP contribution < -0.4 is 59.2 Å². The summed E-state index contributed by atoms with van der Waals surface area (Å²) in [6.07, 6.45) is 1.85. The van der Waals surface area contributed by atoms with Crippen molar-refractivity contribution >= 4 is 87.5 Å². The molecule has 0 heterocycles. The second-order valence-corrected chi connectivity index (χ2v) is 23.9. The van der Waals surface area contributed by atoms with E-state index in [1.807, 2.05) is 63.2 Å². The van der Waals surface area contributed by atoms with Gasteiger partial charge in [-0.1, -0.05) is 67.3 Å². The average Bonchev–Trinajstić information content (AvgIpc) is 0.983. The van der Waals surface area contributed by atoms with Crippen molar-refractivity contribution < 1.29 is 57.4 Å². The Hall–Kier alpha value is -8.87. The molecule has 0 aromatic heterocycles. The fraction of sp³-hybridized carbons (Fsp3) is 0.537. The SMILES string of the molecule is C=CCOC(=O)CC[C@H](CC(C)=O)C(=O)N[C@@H](Cc1ccc(OC(C)(C)C)cc1)C(=O)C[C@@H](CCCN=C(C)N)C(=O)N[C@H](CCCNC(N)=NC)C(=O)C[C@@H](Cc1ccc2ccccc2c1)C(=O)NCC(=O)C[C@@H](CNC)C(=O)N[C@H](C=O)CCCNC(N)=NC. The Labute approximate surface area is 540 Å². The van der Waals surface area contributed by atoms with E-state index in [9.17, 15) is 43.2 Å². The summed E-state index contributed by atoms with van der Waals surface area (Å²) in [4.78, 5) is 150. The third-order valence-corrected chi connectivity index (χ3v) is 14.9. The minimum absolute atomic E-state index is 0.0386. The van der Waals surface area contributed by atoms with Crippen molar-refractivity contribution in [3.63, 3.8) is 0 Å². The molecule has 25 heteroatoms. The van der Waals surface area contributed by atoms with Crippen molar-refractivity contribution in [2.45, 2.75) is 148 Å². The summed E-state index contributed by atoms with van der Waals surface area (Å²) in [7, 11) is 4.64. The lowest BCUT2D eigenvalue weighted by molar-refractivity contribution is -0.143. The van der Waals surface area contributed by atoms with E-state index in [1.54, 1.807) is 38.2 Å². The second kappa shape index (κ2) is 41.5. The second-order valence-electron chi connectivity index (χ2n) is 23.9. The molecule has 0 saturated carbocycles. The van der Waals surface area contributed by atoms with Crippen LogP contribution in [0.25, 0.3) is 10.8 Å². The molecule has 0 spiro atoms. The topological polar surface area (TPSA) is 389 Å². The zero-order valence-corrected chi connectivity index (χ0v) is 54.9. The lowest BCUT2D eigenvalue weighted by Crippen LogP contribution is -2.48. The highest BCUT2D eigenvalue weighted by Gasteiger charge is 2.34. The van der Waals surface area contributed by atoms with Crippen LogP contribution in [0, 0.1) is 23.7 Å². The van der Waals surface area contributed by atoms with Crippen LogP contribution in [0.4, 0.5) is 0 Å². The molecule has 0 aliphatic heterocycles. The Bertz CT molecular complexity index is 3030. The normalized spacial score (nSPS) is 14.2. The van der Waals surface area contributed by atoms with Crippen LogP contribution >= 0.6 is 0 Å². The van der Waals surface area contributed by atoms with Gasteiger partial charge in [-0.15, -0.1) is 0 Å². The quantitative estimate of drug-likeness (QED) is 0.00968. The van der Waals surface area contributed by atoms with Crippen LogP contribution in [0.15, 0.2) is 94.4 Å². The van der Waals surface area contributed by atoms with Crippen LogP contribution in [0.3, 0.4) is 0 Å². The summed E-state index contributed by atoms with van der Waals surface area (Å²) in [5, 5.41) is 21.8. The summed E-state index contributed by atoms with van der Waals surface area (Å²) >= 11 is 0. The van der Waals surface area contributed by atoms with E-state index in [4.69, 9.17) is 26.7 Å². The van der Waals surface area contributed by atoms with Crippen LogP contribution in [0.5, 0.6) is 5.75 Å². The number of aldehydes is 1. The van der Waals surface area contributed by atoms with Gasteiger partial charge in [-0.3, -0.25) is 53.3 Å². The number of amides is 4. The number of hydrogen-bond donors (Lipinski definition) is 10. The molecule has 0 unspecified atom stereocenters. The Kier molecular flexibility index (Phi) is 34.9. The van der Waals surface area contributed by atoms with Crippen molar-refractivity contribution in [3.05, 3.63) is 90.5 Å². The number of nitrogens with one attached hydrogen (secondary N) is 7. The van der Waals surface area contributed by atoms with E-state index < -0.39 is 114 Å². The van der Waals surface area contributed by atoms with E-state index in [0.29, 0.717) is 48.4 Å². The molecule has 92 heavy (non-hydrogen) atoms. The van der Waals surface area contributed by atoms with Crippen LogP contribution in [0.2, 0.25) is 0 Å². The monoisotopic (exact) mass is 1280 g/mol. The van der Waals surface area contributed by atoms with Gasteiger partial charge in [0.15, 0.2) is 29.3 Å². The minimum atomic E-state index is -1.25. The molecule has 25 nitrogen and oxygen atoms in total. The van der Waals surface area contributed by atoms with Gasteiger partial charge in [0.25, 0.3) is 0 Å². The number of benzene rings is 3.